The van der Waals surface area contributed by atoms with E-state index in [4.69, 9.17) is 15.2 Å². The smallest absolute Gasteiger partial charge is 0.404 e. The van der Waals surface area contributed by atoms with Crippen LogP contribution < -0.4 is 11.1 Å². The number of methoxy groups -OCH3 is 1. The fourth-order valence-corrected chi connectivity index (χ4v) is 6.35. The van der Waals surface area contributed by atoms with E-state index in [0.717, 1.165) is 19.3 Å². The summed E-state index contributed by atoms with van der Waals surface area (Å²) in [5, 5.41) is 13.6. The zero-order valence-electron chi connectivity index (χ0n) is 18.6. The van der Waals surface area contributed by atoms with Gasteiger partial charge in [0.1, 0.15) is 6.61 Å². The van der Waals surface area contributed by atoms with Crippen molar-refractivity contribution in [3.63, 3.8) is 0 Å². The number of ketones is 2. The SMILES string of the molecule is CO[C@@]12[C@H](COC(N)=O)C3=C(C(=O)C(C)=C(N[C@H]4CCCC[C@@H]4O)C3=O)N1C[C@H]1[C@@H]2N1C. The molecule has 1 amide bonds. The molecule has 5 aliphatic rings. The summed E-state index contributed by atoms with van der Waals surface area (Å²) in [5.74, 6) is -1.20. The minimum Gasteiger partial charge on any atom is -0.449 e. The summed E-state index contributed by atoms with van der Waals surface area (Å²) >= 11 is 0. The number of piperazine rings is 1. The van der Waals surface area contributed by atoms with Crippen LogP contribution in [0.5, 0.6) is 0 Å². The Bertz CT molecular complexity index is 960. The highest BCUT2D eigenvalue weighted by atomic mass is 16.6. The Morgan fingerprint density at radius 2 is 2.00 bits per heavy atom. The van der Waals surface area contributed by atoms with Crippen molar-refractivity contribution in [3.05, 3.63) is 22.5 Å². The van der Waals surface area contributed by atoms with E-state index in [1.54, 1.807) is 14.0 Å². The van der Waals surface area contributed by atoms with E-state index in [9.17, 15) is 19.5 Å². The van der Waals surface area contributed by atoms with Crippen molar-refractivity contribution in [2.75, 3.05) is 27.3 Å². The van der Waals surface area contributed by atoms with E-state index in [0.29, 0.717) is 29.8 Å². The molecule has 2 saturated heterocycles. The molecule has 5 rings (SSSR count). The van der Waals surface area contributed by atoms with Gasteiger partial charge in [0.2, 0.25) is 11.6 Å². The standard InChI is InChI=1S/C22H30N4O6/c1-10-16(24-12-6-4-5-7-14(12)27)19(29)15-11(9-32-21(23)30)22(31-3)20-13(25(20)2)8-26(22)17(15)18(10)28/h11-14,20,24,27H,4-9H2,1-3H3,(H2,23,30)/t11-,12+,13+,14+,20+,22-,25?/m1/s1. The topological polar surface area (TPSA) is 134 Å². The van der Waals surface area contributed by atoms with E-state index >= 15 is 0 Å². The van der Waals surface area contributed by atoms with E-state index in [1.165, 1.54) is 0 Å². The minimum absolute atomic E-state index is 0.0305. The number of ether oxygens (including phenoxy) is 2. The molecule has 3 aliphatic heterocycles. The number of nitrogens with two attached hydrogens (primary N) is 1. The summed E-state index contributed by atoms with van der Waals surface area (Å²) in [4.78, 5) is 42.8. The molecule has 4 N–H and O–H groups in total. The van der Waals surface area contributed by atoms with E-state index in [-0.39, 0.29) is 42.0 Å². The summed E-state index contributed by atoms with van der Waals surface area (Å²) in [6.07, 6.45) is 1.75. The number of aliphatic hydroxyl groups is 1. The van der Waals surface area contributed by atoms with Crippen molar-refractivity contribution in [1.82, 2.24) is 15.1 Å². The second-order valence-corrected chi connectivity index (χ2v) is 9.45. The quantitative estimate of drug-likeness (QED) is 0.382. The Hall–Kier alpha value is -2.43. The van der Waals surface area contributed by atoms with Gasteiger partial charge in [-0.3, -0.25) is 14.5 Å². The van der Waals surface area contributed by atoms with Gasteiger partial charge < -0.3 is 30.5 Å². The number of carbonyl (C=O) groups excluding carboxylic acids is 3. The number of hydrogen-bond acceptors (Lipinski definition) is 9. The van der Waals surface area contributed by atoms with E-state index < -0.39 is 23.8 Å². The Labute approximate surface area is 186 Å². The maximum absolute atomic E-state index is 13.8. The molecule has 0 aromatic rings. The molecule has 174 valence electrons. The fraction of sp³-hybridized carbons (Fsp3) is 0.682. The normalized spacial score (nSPS) is 40.3. The third kappa shape index (κ3) is 2.72. The number of likely N-dealkylation sites (N-methyl/N-ethyl adjacent to an activating group) is 1. The van der Waals surface area contributed by atoms with Gasteiger partial charge in [0.15, 0.2) is 5.72 Å². The van der Waals surface area contributed by atoms with Crippen molar-refractivity contribution in [2.45, 2.75) is 62.6 Å². The van der Waals surface area contributed by atoms with Gasteiger partial charge in [0.05, 0.1) is 35.5 Å². The molecule has 0 spiro atoms. The summed E-state index contributed by atoms with van der Waals surface area (Å²) in [5.41, 5.74) is 5.45. The van der Waals surface area contributed by atoms with Crippen molar-refractivity contribution >= 4 is 17.7 Å². The third-order valence-electron chi connectivity index (χ3n) is 8.01. The molecule has 0 bridgehead atoms. The minimum atomic E-state index is -0.981. The van der Waals surface area contributed by atoms with Crippen LogP contribution in [0.1, 0.15) is 32.6 Å². The number of fused-ring (bicyclic) bond motifs is 4. The summed E-state index contributed by atoms with van der Waals surface area (Å²) < 4.78 is 11.2. The molecule has 0 aromatic heterocycles. The second-order valence-electron chi connectivity index (χ2n) is 9.45. The molecule has 0 radical (unpaired) electrons. The first-order valence-corrected chi connectivity index (χ1v) is 11.2. The monoisotopic (exact) mass is 446 g/mol. The number of allylic oxidation sites excluding steroid dienone is 2. The molecule has 32 heavy (non-hydrogen) atoms. The number of Topliss-reactive ketones (excluding diaryl/α,β-unsaturated/α-hetero) is 2. The highest BCUT2D eigenvalue weighted by molar-refractivity contribution is 6.25. The number of nitrogens with one attached hydrogen (secondary N) is 1. The van der Waals surface area contributed by atoms with Gasteiger partial charge in [-0.2, -0.15) is 0 Å². The maximum Gasteiger partial charge on any atom is 0.404 e. The van der Waals surface area contributed by atoms with Gasteiger partial charge in [0, 0.05) is 30.8 Å². The van der Waals surface area contributed by atoms with Gasteiger partial charge in [0.25, 0.3) is 0 Å². The maximum atomic E-state index is 13.8. The van der Waals surface area contributed by atoms with Crippen LogP contribution in [0.3, 0.4) is 0 Å². The number of hydrogen-bond donors (Lipinski definition) is 3. The van der Waals surface area contributed by atoms with E-state index in [2.05, 4.69) is 10.2 Å². The Kier molecular flexibility index (Phi) is 4.88. The van der Waals surface area contributed by atoms with Crippen LogP contribution in [-0.2, 0) is 19.1 Å². The lowest BCUT2D eigenvalue weighted by Crippen LogP contribution is -2.55. The largest absolute Gasteiger partial charge is 0.449 e. The molecule has 10 heteroatoms. The fourth-order valence-electron chi connectivity index (χ4n) is 6.35. The van der Waals surface area contributed by atoms with Crippen LogP contribution in [0.4, 0.5) is 4.79 Å². The van der Waals surface area contributed by atoms with Crippen molar-refractivity contribution < 1.29 is 29.0 Å². The van der Waals surface area contributed by atoms with Gasteiger partial charge in [-0.1, -0.05) is 12.8 Å². The number of nitrogens with zero attached hydrogens (tertiary/aromatic N) is 2. The number of rotatable bonds is 5. The molecule has 3 fully saturated rings. The zero-order chi connectivity index (χ0) is 22.9. The predicted molar refractivity (Wildman–Crippen MR) is 112 cm³/mol. The van der Waals surface area contributed by atoms with Crippen LogP contribution in [0.15, 0.2) is 22.5 Å². The summed E-state index contributed by atoms with van der Waals surface area (Å²) in [6.45, 7) is 2.04. The molecule has 2 aliphatic carbocycles. The first-order valence-electron chi connectivity index (χ1n) is 11.2. The van der Waals surface area contributed by atoms with Crippen molar-refractivity contribution in [2.24, 2.45) is 11.7 Å². The third-order valence-corrected chi connectivity index (χ3v) is 8.01. The highest BCUT2D eigenvalue weighted by Gasteiger charge is 2.75. The van der Waals surface area contributed by atoms with E-state index in [1.807, 2.05) is 11.9 Å². The first-order chi connectivity index (χ1) is 15.2. The second kappa shape index (κ2) is 7.29. The molecular formula is C22H30N4O6. The summed E-state index contributed by atoms with van der Waals surface area (Å²) in [7, 11) is 3.53. The van der Waals surface area contributed by atoms with Crippen molar-refractivity contribution in [3.8, 4) is 0 Å². The molecule has 10 nitrogen and oxygen atoms in total. The average molecular weight is 447 g/mol. The van der Waals surface area contributed by atoms with Gasteiger partial charge in [-0.15, -0.1) is 0 Å². The van der Waals surface area contributed by atoms with Crippen molar-refractivity contribution in [1.29, 1.82) is 0 Å². The molecule has 1 saturated carbocycles. The van der Waals surface area contributed by atoms with Gasteiger partial charge in [-0.05, 0) is 26.8 Å². The molecular weight excluding hydrogens is 416 g/mol. The number of amides is 1. The summed E-state index contributed by atoms with van der Waals surface area (Å²) in [6, 6.07) is -0.120. The Morgan fingerprint density at radius 3 is 2.66 bits per heavy atom. The predicted octanol–water partition coefficient (Wildman–Crippen LogP) is -0.375. The van der Waals surface area contributed by atoms with Crippen LogP contribution in [0.2, 0.25) is 0 Å². The van der Waals surface area contributed by atoms with Gasteiger partial charge in [-0.25, -0.2) is 4.79 Å². The van der Waals surface area contributed by atoms with Gasteiger partial charge >= 0.3 is 6.09 Å². The average Bonchev–Trinajstić information content (AvgIpc) is 3.14. The van der Waals surface area contributed by atoms with Crippen LogP contribution in [0.25, 0.3) is 0 Å². The lowest BCUT2D eigenvalue weighted by molar-refractivity contribution is -0.144. The lowest BCUT2D eigenvalue weighted by atomic mass is 9.81. The lowest BCUT2D eigenvalue weighted by Gasteiger charge is -2.40. The zero-order valence-corrected chi connectivity index (χ0v) is 18.6. The van der Waals surface area contributed by atoms with Crippen LogP contribution >= 0.6 is 0 Å². The van der Waals surface area contributed by atoms with Crippen LogP contribution in [0, 0.1) is 5.92 Å². The molecule has 1 unspecified atom stereocenters. The molecule has 3 heterocycles. The Morgan fingerprint density at radius 1 is 1.28 bits per heavy atom. The highest BCUT2D eigenvalue weighted by Crippen LogP contribution is 2.59. The number of aliphatic hydroxyl groups excluding tert-OH is 1. The molecule has 0 aromatic carbocycles. The van der Waals surface area contributed by atoms with Crippen LogP contribution in [-0.4, -0.2) is 89.8 Å². The Balaban J connectivity index is 1.54. The molecule has 7 atom stereocenters. The number of primary amides is 1. The first kappa shape index (κ1) is 21.4. The number of carbonyl (C=O) groups is 3.